The van der Waals surface area contributed by atoms with Gasteiger partial charge in [0, 0.05) is 12.5 Å². The summed E-state index contributed by atoms with van der Waals surface area (Å²) in [5.41, 5.74) is 0. The van der Waals surface area contributed by atoms with Crippen LogP contribution in [-0.4, -0.2) is 48.2 Å². The average Bonchev–Trinajstić information content (AvgIpc) is 2.09. The fraction of sp³-hybridized carbons (Fsp3) is 0.900. The van der Waals surface area contributed by atoms with Crippen LogP contribution in [0.4, 0.5) is 0 Å². The number of amides is 1. The van der Waals surface area contributed by atoms with Gasteiger partial charge in [0.25, 0.3) is 0 Å². The maximum absolute atomic E-state index is 11.4. The molecule has 82 valence electrons. The van der Waals surface area contributed by atoms with Crippen LogP contribution in [0.1, 0.15) is 20.3 Å². The van der Waals surface area contributed by atoms with Gasteiger partial charge in [-0.15, -0.1) is 0 Å². The number of carbonyl (C=O) groups excluding carboxylic acids is 1. The number of likely N-dealkylation sites (tertiary alicyclic amines) is 1. The lowest BCUT2D eigenvalue weighted by atomic mass is 10.0. The number of likely N-dealkylation sites (N-methyl/N-ethyl adjacent to an activating group) is 1. The van der Waals surface area contributed by atoms with E-state index in [-0.39, 0.29) is 17.9 Å². The predicted octanol–water partition coefficient (Wildman–Crippen LogP) is -0.176. The topological polar surface area (TPSA) is 52.6 Å². The van der Waals surface area contributed by atoms with Crippen molar-refractivity contribution >= 4 is 5.91 Å². The molecule has 1 aliphatic rings. The molecule has 14 heavy (non-hydrogen) atoms. The van der Waals surface area contributed by atoms with Crippen molar-refractivity contribution in [2.24, 2.45) is 5.92 Å². The van der Waals surface area contributed by atoms with Crippen molar-refractivity contribution in [3.05, 3.63) is 0 Å². The zero-order valence-electron chi connectivity index (χ0n) is 9.16. The zero-order chi connectivity index (χ0) is 10.7. The molecule has 2 N–H and O–H groups in total. The summed E-state index contributed by atoms with van der Waals surface area (Å²) in [5.74, 6) is 0.0143. The summed E-state index contributed by atoms with van der Waals surface area (Å²) in [6, 6.07) is -0.0684. The van der Waals surface area contributed by atoms with Crippen molar-refractivity contribution in [3.8, 4) is 0 Å². The molecule has 0 aromatic rings. The van der Waals surface area contributed by atoms with E-state index in [4.69, 9.17) is 0 Å². The van der Waals surface area contributed by atoms with Crippen LogP contribution in [0.15, 0.2) is 0 Å². The van der Waals surface area contributed by atoms with Gasteiger partial charge in [0.1, 0.15) is 0 Å². The molecule has 0 aromatic heterocycles. The Kier molecular flexibility index (Phi) is 3.89. The number of β-amino-alcohol motifs (C(OH)–C–C–N with tert-alkyl or cyclic N) is 1. The Morgan fingerprint density at radius 3 is 2.71 bits per heavy atom. The number of piperidine rings is 1. The Bertz CT molecular complexity index is 206. The van der Waals surface area contributed by atoms with Crippen LogP contribution in [-0.2, 0) is 4.79 Å². The highest BCUT2D eigenvalue weighted by molar-refractivity contribution is 5.78. The molecule has 0 saturated carbocycles. The van der Waals surface area contributed by atoms with Crippen LogP contribution in [0.3, 0.4) is 0 Å². The van der Waals surface area contributed by atoms with Crippen molar-refractivity contribution < 1.29 is 9.90 Å². The largest absolute Gasteiger partial charge is 0.390 e. The van der Waals surface area contributed by atoms with Gasteiger partial charge in [-0.2, -0.15) is 0 Å². The van der Waals surface area contributed by atoms with Crippen LogP contribution in [0.2, 0.25) is 0 Å². The summed E-state index contributed by atoms with van der Waals surface area (Å²) < 4.78 is 0. The smallest absolute Gasteiger partial charge is 0.222 e. The maximum atomic E-state index is 11.4. The second kappa shape index (κ2) is 4.75. The molecule has 2 unspecified atom stereocenters. The molecular formula is C10H20N2O2. The highest BCUT2D eigenvalue weighted by Gasteiger charge is 2.27. The molecule has 4 nitrogen and oxygen atoms in total. The van der Waals surface area contributed by atoms with Crippen LogP contribution >= 0.6 is 0 Å². The summed E-state index contributed by atoms with van der Waals surface area (Å²) in [6.45, 7) is 5.29. The molecule has 1 amide bonds. The van der Waals surface area contributed by atoms with E-state index in [1.807, 2.05) is 20.9 Å². The summed E-state index contributed by atoms with van der Waals surface area (Å²) in [6.07, 6.45) is 0.396. The lowest BCUT2D eigenvalue weighted by molar-refractivity contribution is -0.126. The van der Waals surface area contributed by atoms with Crippen molar-refractivity contribution in [3.63, 3.8) is 0 Å². The number of hydrogen-bond donors (Lipinski definition) is 2. The number of hydrogen-bond acceptors (Lipinski definition) is 3. The van der Waals surface area contributed by atoms with E-state index in [2.05, 4.69) is 10.2 Å². The standard InChI is InChI=1S/C10H20N2O2/c1-7(2)10(14)11-8-4-5-12(3)6-9(8)13/h7-9,13H,4-6H2,1-3H3,(H,11,14). The summed E-state index contributed by atoms with van der Waals surface area (Å²) >= 11 is 0. The Balaban J connectivity index is 2.41. The first-order valence-corrected chi connectivity index (χ1v) is 5.17. The molecule has 1 saturated heterocycles. The minimum Gasteiger partial charge on any atom is -0.390 e. The summed E-state index contributed by atoms with van der Waals surface area (Å²) in [4.78, 5) is 13.5. The Morgan fingerprint density at radius 1 is 1.57 bits per heavy atom. The van der Waals surface area contributed by atoms with E-state index >= 15 is 0 Å². The summed E-state index contributed by atoms with van der Waals surface area (Å²) in [7, 11) is 1.98. The molecule has 1 rings (SSSR count). The van der Waals surface area contributed by atoms with Crippen molar-refractivity contribution in [1.29, 1.82) is 0 Å². The normalized spacial score (nSPS) is 29.2. The van der Waals surface area contributed by atoms with Crippen LogP contribution in [0.25, 0.3) is 0 Å². The monoisotopic (exact) mass is 200 g/mol. The van der Waals surface area contributed by atoms with Crippen molar-refractivity contribution in [1.82, 2.24) is 10.2 Å². The van der Waals surface area contributed by atoms with Gasteiger partial charge in [0.2, 0.25) is 5.91 Å². The Labute approximate surface area is 85.3 Å². The molecule has 1 aliphatic heterocycles. The minimum absolute atomic E-state index is 0.0122. The minimum atomic E-state index is -0.434. The van der Waals surface area contributed by atoms with E-state index < -0.39 is 6.10 Å². The second-order valence-corrected chi connectivity index (χ2v) is 4.39. The van der Waals surface area contributed by atoms with Gasteiger partial charge < -0.3 is 15.3 Å². The molecule has 2 atom stereocenters. The molecule has 0 aromatic carbocycles. The molecule has 0 radical (unpaired) electrons. The molecule has 1 fully saturated rings. The van der Waals surface area contributed by atoms with Gasteiger partial charge in [-0.25, -0.2) is 0 Å². The van der Waals surface area contributed by atoms with Crippen LogP contribution in [0.5, 0.6) is 0 Å². The number of aliphatic hydroxyl groups is 1. The summed E-state index contributed by atoms with van der Waals surface area (Å²) in [5, 5.41) is 12.6. The number of nitrogens with one attached hydrogen (secondary N) is 1. The van der Waals surface area contributed by atoms with Crippen molar-refractivity contribution in [2.75, 3.05) is 20.1 Å². The van der Waals surface area contributed by atoms with E-state index in [9.17, 15) is 9.90 Å². The maximum Gasteiger partial charge on any atom is 0.222 e. The fourth-order valence-corrected chi connectivity index (χ4v) is 1.61. The lowest BCUT2D eigenvalue weighted by Crippen LogP contribution is -2.53. The third-order valence-corrected chi connectivity index (χ3v) is 2.64. The van der Waals surface area contributed by atoms with E-state index in [0.29, 0.717) is 6.54 Å². The van der Waals surface area contributed by atoms with Crippen LogP contribution < -0.4 is 5.32 Å². The molecule has 0 bridgehead atoms. The molecule has 4 heteroatoms. The first-order valence-electron chi connectivity index (χ1n) is 5.17. The number of aliphatic hydroxyl groups excluding tert-OH is 1. The van der Waals surface area contributed by atoms with Gasteiger partial charge in [0.05, 0.1) is 12.1 Å². The quantitative estimate of drug-likeness (QED) is 0.650. The van der Waals surface area contributed by atoms with E-state index in [1.54, 1.807) is 0 Å². The Hall–Kier alpha value is -0.610. The lowest BCUT2D eigenvalue weighted by Gasteiger charge is -2.34. The predicted molar refractivity (Wildman–Crippen MR) is 54.9 cm³/mol. The SMILES string of the molecule is CC(C)C(=O)NC1CCN(C)CC1O. The van der Waals surface area contributed by atoms with Gasteiger partial charge >= 0.3 is 0 Å². The molecule has 1 heterocycles. The first-order chi connectivity index (χ1) is 6.50. The number of nitrogens with zero attached hydrogens (tertiary/aromatic N) is 1. The van der Waals surface area contributed by atoms with Gasteiger partial charge in [-0.3, -0.25) is 4.79 Å². The van der Waals surface area contributed by atoms with Crippen LogP contribution in [0, 0.1) is 5.92 Å². The van der Waals surface area contributed by atoms with Gasteiger partial charge in [-0.05, 0) is 20.0 Å². The first kappa shape index (κ1) is 11.5. The third-order valence-electron chi connectivity index (χ3n) is 2.64. The third kappa shape index (κ3) is 2.96. The fourth-order valence-electron chi connectivity index (χ4n) is 1.61. The zero-order valence-corrected chi connectivity index (χ0v) is 9.16. The molecule has 0 spiro atoms. The highest BCUT2D eigenvalue weighted by atomic mass is 16.3. The van der Waals surface area contributed by atoms with Gasteiger partial charge in [0.15, 0.2) is 0 Å². The molecular weight excluding hydrogens is 180 g/mol. The van der Waals surface area contributed by atoms with Crippen molar-refractivity contribution in [2.45, 2.75) is 32.4 Å². The molecule has 0 aliphatic carbocycles. The second-order valence-electron chi connectivity index (χ2n) is 4.39. The van der Waals surface area contributed by atoms with E-state index in [1.165, 1.54) is 0 Å². The highest BCUT2D eigenvalue weighted by Crippen LogP contribution is 2.10. The van der Waals surface area contributed by atoms with Gasteiger partial charge in [-0.1, -0.05) is 13.8 Å². The number of carbonyl (C=O) groups is 1. The number of rotatable bonds is 2. The Morgan fingerprint density at radius 2 is 2.21 bits per heavy atom. The average molecular weight is 200 g/mol. The van der Waals surface area contributed by atoms with E-state index in [0.717, 1.165) is 13.0 Å².